The van der Waals surface area contributed by atoms with Gasteiger partial charge in [-0.25, -0.2) is 9.97 Å². The van der Waals surface area contributed by atoms with E-state index in [9.17, 15) is 4.79 Å². The standard InChI is InChI=1S/C18H22ClN5O/c1-13-10-14(2)17(15(19)11-13)22-16(25)12-23-6-8-24(9-7-23)18-20-4-3-5-21-18/h3-5,10-11H,6-9,12H2,1-2H3,(H,22,25)/p+1. The molecule has 0 bridgehead atoms. The fraction of sp³-hybridized carbons (Fsp3) is 0.389. The van der Waals surface area contributed by atoms with Crippen LogP contribution in [-0.4, -0.2) is 48.6 Å². The summed E-state index contributed by atoms with van der Waals surface area (Å²) >= 11 is 6.27. The molecule has 0 radical (unpaired) electrons. The Kier molecular flexibility index (Phi) is 5.50. The van der Waals surface area contributed by atoms with Crippen molar-refractivity contribution in [3.05, 3.63) is 46.7 Å². The van der Waals surface area contributed by atoms with E-state index in [1.807, 2.05) is 32.0 Å². The summed E-state index contributed by atoms with van der Waals surface area (Å²) in [5.74, 6) is 0.751. The van der Waals surface area contributed by atoms with Gasteiger partial charge in [0.2, 0.25) is 5.95 Å². The summed E-state index contributed by atoms with van der Waals surface area (Å²) in [7, 11) is 0. The average Bonchev–Trinajstić information content (AvgIpc) is 2.59. The molecule has 1 saturated heterocycles. The van der Waals surface area contributed by atoms with E-state index in [1.54, 1.807) is 12.4 Å². The third kappa shape index (κ3) is 4.46. The van der Waals surface area contributed by atoms with Crippen LogP contribution in [0.4, 0.5) is 11.6 Å². The maximum Gasteiger partial charge on any atom is 0.279 e. The predicted molar refractivity (Wildman–Crippen MR) is 99.4 cm³/mol. The third-order valence-corrected chi connectivity index (χ3v) is 4.71. The van der Waals surface area contributed by atoms with Gasteiger partial charge in [0.1, 0.15) is 0 Å². The number of carbonyl (C=O) groups excluding carboxylic acids is 1. The lowest BCUT2D eigenvalue weighted by Gasteiger charge is -2.31. The second-order valence-corrected chi connectivity index (χ2v) is 6.86. The largest absolute Gasteiger partial charge is 0.330 e. The lowest BCUT2D eigenvalue weighted by atomic mass is 10.1. The van der Waals surface area contributed by atoms with Crippen molar-refractivity contribution in [2.24, 2.45) is 0 Å². The number of rotatable bonds is 4. The molecule has 0 spiro atoms. The normalized spacial score (nSPS) is 15.2. The Bertz CT molecular complexity index is 721. The molecule has 25 heavy (non-hydrogen) atoms. The zero-order valence-electron chi connectivity index (χ0n) is 14.6. The molecule has 1 aliphatic heterocycles. The fourth-order valence-corrected chi connectivity index (χ4v) is 3.51. The summed E-state index contributed by atoms with van der Waals surface area (Å²) in [6.07, 6.45) is 3.51. The van der Waals surface area contributed by atoms with Gasteiger partial charge in [-0.1, -0.05) is 17.7 Å². The first kappa shape index (κ1) is 17.6. The molecule has 1 fully saturated rings. The molecule has 2 aromatic rings. The molecule has 1 aromatic heterocycles. The fourth-order valence-electron chi connectivity index (χ4n) is 3.14. The number of amides is 1. The first-order valence-electron chi connectivity index (χ1n) is 8.45. The van der Waals surface area contributed by atoms with E-state index in [-0.39, 0.29) is 5.91 Å². The highest BCUT2D eigenvalue weighted by atomic mass is 35.5. The molecule has 1 aliphatic rings. The number of benzene rings is 1. The number of nitrogens with one attached hydrogen (secondary N) is 2. The number of piperazine rings is 1. The van der Waals surface area contributed by atoms with Crippen molar-refractivity contribution < 1.29 is 9.69 Å². The monoisotopic (exact) mass is 360 g/mol. The minimum atomic E-state index is -0.00624. The van der Waals surface area contributed by atoms with Crippen LogP contribution in [0.25, 0.3) is 0 Å². The van der Waals surface area contributed by atoms with E-state index in [1.165, 1.54) is 4.90 Å². The van der Waals surface area contributed by atoms with Crippen LogP contribution in [0.1, 0.15) is 11.1 Å². The quantitative estimate of drug-likeness (QED) is 0.856. The van der Waals surface area contributed by atoms with Gasteiger partial charge >= 0.3 is 0 Å². The predicted octanol–water partition coefficient (Wildman–Crippen LogP) is 1.09. The number of nitrogens with zero attached hydrogens (tertiary/aromatic N) is 3. The first-order valence-corrected chi connectivity index (χ1v) is 8.83. The van der Waals surface area contributed by atoms with Crippen LogP contribution in [0, 0.1) is 13.8 Å². The van der Waals surface area contributed by atoms with Crippen LogP contribution in [0.3, 0.4) is 0 Å². The third-order valence-electron chi connectivity index (χ3n) is 4.41. The second-order valence-electron chi connectivity index (χ2n) is 6.45. The number of quaternary nitrogens is 1. The number of aromatic nitrogens is 2. The van der Waals surface area contributed by atoms with Gasteiger partial charge in [0.05, 0.1) is 36.9 Å². The zero-order chi connectivity index (χ0) is 17.8. The lowest BCUT2D eigenvalue weighted by molar-refractivity contribution is -0.892. The molecule has 1 aromatic carbocycles. The molecule has 2 N–H and O–H groups in total. The number of hydrogen-bond donors (Lipinski definition) is 2. The molecule has 6 nitrogen and oxygen atoms in total. The van der Waals surface area contributed by atoms with Crippen molar-refractivity contribution in [1.82, 2.24) is 9.97 Å². The molecule has 3 rings (SSSR count). The van der Waals surface area contributed by atoms with Crippen molar-refractivity contribution in [2.75, 3.05) is 42.9 Å². The molecule has 0 saturated carbocycles. The summed E-state index contributed by atoms with van der Waals surface area (Å²) in [6, 6.07) is 5.70. The van der Waals surface area contributed by atoms with Crippen LogP contribution in [0.15, 0.2) is 30.6 Å². The Morgan fingerprint density at radius 2 is 1.92 bits per heavy atom. The van der Waals surface area contributed by atoms with Crippen LogP contribution in [0.2, 0.25) is 5.02 Å². The van der Waals surface area contributed by atoms with Crippen molar-refractivity contribution >= 4 is 29.1 Å². The first-order chi connectivity index (χ1) is 12.0. The van der Waals surface area contributed by atoms with Gasteiger partial charge in [-0.15, -0.1) is 0 Å². The lowest BCUT2D eigenvalue weighted by Crippen LogP contribution is -3.15. The average molecular weight is 361 g/mol. The highest BCUT2D eigenvalue weighted by molar-refractivity contribution is 6.34. The molecule has 1 amide bonds. The van der Waals surface area contributed by atoms with Crippen molar-refractivity contribution in [3.63, 3.8) is 0 Å². The van der Waals surface area contributed by atoms with E-state index < -0.39 is 0 Å². The van der Waals surface area contributed by atoms with E-state index in [2.05, 4.69) is 20.2 Å². The minimum Gasteiger partial charge on any atom is -0.330 e. The summed E-state index contributed by atoms with van der Waals surface area (Å²) < 4.78 is 0. The highest BCUT2D eigenvalue weighted by Crippen LogP contribution is 2.27. The zero-order valence-corrected chi connectivity index (χ0v) is 15.3. The van der Waals surface area contributed by atoms with Gasteiger partial charge in [0, 0.05) is 12.4 Å². The smallest absolute Gasteiger partial charge is 0.279 e. The topological polar surface area (TPSA) is 62.6 Å². The Morgan fingerprint density at radius 1 is 1.24 bits per heavy atom. The van der Waals surface area contributed by atoms with Crippen LogP contribution < -0.4 is 15.1 Å². The Balaban J connectivity index is 1.53. The molecular weight excluding hydrogens is 338 g/mol. The Labute approximate surface area is 152 Å². The van der Waals surface area contributed by atoms with Gasteiger partial charge in [-0.2, -0.15) is 0 Å². The van der Waals surface area contributed by atoms with E-state index in [0.717, 1.165) is 43.3 Å². The van der Waals surface area contributed by atoms with Crippen molar-refractivity contribution in [1.29, 1.82) is 0 Å². The number of carbonyl (C=O) groups is 1. The molecule has 7 heteroatoms. The van der Waals surface area contributed by atoms with Crippen molar-refractivity contribution in [2.45, 2.75) is 13.8 Å². The van der Waals surface area contributed by atoms with E-state index >= 15 is 0 Å². The van der Waals surface area contributed by atoms with Gasteiger partial charge in [-0.05, 0) is 37.1 Å². The number of halogens is 1. The van der Waals surface area contributed by atoms with Crippen LogP contribution >= 0.6 is 11.6 Å². The number of hydrogen-bond acceptors (Lipinski definition) is 4. The second kappa shape index (κ2) is 7.80. The van der Waals surface area contributed by atoms with Gasteiger partial charge in [0.25, 0.3) is 5.91 Å². The van der Waals surface area contributed by atoms with Crippen molar-refractivity contribution in [3.8, 4) is 0 Å². The number of anilines is 2. The van der Waals surface area contributed by atoms with Crippen LogP contribution in [0.5, 0.6) is 0 Å². The summed E-state index contributed by atoms with van der Waals surface area (Å²) in [5.41, 5.74) is 2.79. The maximum absolute atomic E-state index is 12.4. The molecule has 132 valence electrons. The molecule has 2 heterocycles. The SMILES string of the molecule is Cc1cc(C)c(NC(=O)C[NH+]2CCN(c3ncccn3)CC2)c(Cl)c1. The van der Waals surface area contributed by atoms with Gasteiger partial charge in [-0.3, -0.25) is 4.79 Å². The molecular formula is C18H23ClN5O+. The summed E-state index contributed by atoms with van der Waals surface area (Å²) in [6.45, 7) is 7.84. The van der Waals surface area contributed by atoms with Crippen LogP contribution in [-0.2, 0) is 4.79 Å². The molecule has 0 aliphatic carbocycles. The summed E-state index contributed by atoms with van der Waals surface area (Å²) in [4.78, 5) is 24.4. The van der Waals surface area contributed by atoms with Gasteiger partial charge in [0.15, 0.2) is 6.54 Å². The van der Waals surface area contributed by atoms with E-state index in [0.29, 0.717) is 17.3 Å². The maximum atomic E-state index is 12.4. The highest BCUT2D eigenvalue weighted by Gasteiger charge is 2.24. The Morgan fingerprint density at radius 3 is 2.56 bits per heavy atom. The summed E-state index contributed by atoms with van der Waals surface area (Å²) in [5, 5.41) is 3.56. The minimum absolute atomic E-state index is 0.00624. The number of aryl methyl sites for hydroxylation is 2. The molecule has 0 unspecified atom stereocenters. The van der Waals surface area contributed by atoms with E-state index in [4.69, 9.17) is 11.6 Å². The molecule has 0 atom stereocenters. The Hall–Kier alpha value is -2.18. The van der Waals surface area contributed by atoms with Gasteiger partial charge < -0.3 is 15.1 Å².